The highest BCUT2D eigenvalue weighted by molar-refractivity contribution is 5.91. The minimum absolute atomic E-state index is 0.232. The Labute approximate surface area is 153 Å². The molecule has 0 fully saturated rings. The summed E-state index contributed by atoms with van der Waals surface area (Å²) in [4.78, 5) is 12.3. The molecule has 3 rings (SSSR count). The van der Waals surface area contributed by atoms with Crippen LogP contribution in [0.4, 0.5) is 10.5 Å². The Morgan fingerprint density at radius 3 is 2.73 bits per heavy atom. The standard InChI is InChI=1S/C19H24N6O/c1-14(13-25-16(3)11-15(2)23-25)12-20-19(26)22-17-7-4-5-8-18(17)24-10-6-9-21-24/h4-11,14H,12-13H2,1-3H3,(H2,20,22,26)/t14-/m0/s1. The Bertz CT molecular complexity index is 868. The lowest BCUT2D eigenvalue weighted by molar-refractivity contribution is 0.249. The molecule has 0 spiro atoms. The maximum Gasteiger partial charge on any atom is 0.319 e. The molecule has 2 amide bonds. The zero-order chi connectivity index (χ0) is 18.5. The molecule has 0 aliphatic rings. The van der Waals surface area contributed by atoms with Crippen molar-refractivity contribution < 1.29 is 4.79 Å². The fourth-order valence-corrected chi connectivity index (χ4v) is 2.84. The van der Waals surface area contributed by atoms with Gasteiger partial charge in [0.25, 0.3) is 0 Å². The Balaban J connectivity index is 1.56. The van der Waals surface area contributed by atoms with Crippen molar-refractivity contribution in [1.29, 1.82) is 0 Å². The summed E-state index contributed by atoms with van der Waals surface area (Å²) in [5, 5.41) is 14.5. The van der Waals surface area contributed by atoms with Crippen molar-refractivity contribution in [1.82, 2.24) is 24.9 Å². The number of carbonyl (C=O) groups is 1. The normalized spacial score (nSPS) is 12.0. The highest BCUT2D eigenvalue weighted by atomic mass is 16.2. The van der Waals surface area contributed by atoms with E-state index in [9.17, 15) is 4.79 Å². The van der Waals surface area contributed by atoms with Crippen LogP contribution in [0.3, 0.4) is 0 Å². The molecule has 0 unspecified atom stereocenters. The number of rotatable bonds is 6. The first kappa shape index (κ1) is 17.7. The summed E-state index contributed by atoms with van der Waals surface area (Å²) in [6.45, 7) is 7.45. The van der Waals surface area contributed by atoms with Crippen LogP contribution in [0.15, 0.2) is 48.8 Å². The van der Waals surface area contributed by atoms with Crippen LogP contribution in [-0.2, 0) is 6.54 Å². The Hall–Kier alpha value is -3.09. The molecule has 7 nitrogen and oxygen atoms in total. The van der Waals surface area contributed by atoms with Gasteiger partial charge in [-0.15, -0.1) is 0 Å². The van der Waals surface area contributed by atoms with Gasteiger partial charge in [0.15, 0.2) is 0 Å². The van der Waals surface area contributed by atoms with Gasteiger partial charge in [-0.2, -0.15) is 10.2 Å². The molecule has 0 saturated heterocycles. The van der Waals surface area contributed by atoms with Crippen LogP contribution in [0, 0.1) is 19.8 Å². The van der Waals surface area contributed by atoms with Crippen LogP contribution < -0.4 is 10.6 Å². The summed E-state index contributed by atoms with van der Waals surface area (Å²) >= 11 is 0. The van der Waals surface area contributed by atoms with Crippen molar-refractivity contribution in [2.75, 3.05) is 11.9 Å². The maximum atomic E-state index is 12.3. The van der Waals surface area contributed by atoms with E-state index in [-0.39, 0.29) is 11.9 Å². The van der Waals surface area contributed by atoms with E-state index in [1.54, 1.807) is 10.9 Å². The van der Waals surface area contributed by atoms with Crippen LogP contribution in [0.25, 0.3) is 5.69 Å². The second-order valence-electron chi connectivity index (χ2n) is 6.52. The molecule has 0 aliphatic heterocycles. The number of nitrogens with zero attached hydrogens (tertiary/aromatic N) is 4. The summed E-state index contributed by atoms with van der Waals surface area (Å²) in [6.07, 6.45) is 3.55. The van der Waals surface area contributed by atoms with Crippen molar-refractivity contribution in [3.63, 3.8) is 0 Å². The lowest BCUT2D eigenvalue weighted by Gasteiger charge is -2.15. The Kier molecular flexibility index (Phi) is 5.36. The van der Waals surface area contributed by atoms with E-state index in [2.05, 4.69) is 33.8 Å². The molecule has 7 heteroatoms. The number of urea groups is 1. The smallest absolute Gasteiger partial charge is 0.319 e. The number of carbonyl (C=O) groups excluding carboxylic acids is 1. The fraction of sp³-hybridized carbons (Fsp3) is 0.316. The summed E-state index contributed by atoms with van der Waals surface area (Å²) in [5.74, 6) is 0.264. The van der Waals surface area contributed by atoms with Gasteiger partial charge in [0.05, 0.1) is 17.1 Å². The quantitative estimate of drug-likeness (QED) is 0.715. The molecule has 26 heavy (non-hydrogen) atoms. The number of aryl methyl sites for hydroxylation is 2. The topological polar surface area (TPSA) is 76.8 Å². The average molecular weight is 352 g/mol. The first-order chi connectivity index (χ1) is 12.5. The number of hydrogen-bond donors (Lipinski definition) is 2. The molecule has 0 radical (unpaired) electrons. The van der Waals surface area contributed by atoms with Gasteiger partial charge in [-0.3, -0.25) is 4.68 Å². The van der Waals surface area contributed by atoms with Gasteiger partial charge >= 0.3 is 6.03 Å². The van der Waals surface area contributed by atoms with Gasteiger partial charge < -0.3 is 10.6 Å². The lowest BCUT2D eigenvalue weighted by Crippen LogP contribution is -2.34. The van der Waals surface area contributed by atoms with Crippen molar-refractivity contribution >= 4 is 11.7 Å². The third-order valence-corrected chi connectivity index (χ3v) is 4.10. The summed E-state index contributed by atoms with van der Waals surface area (Å²) in [7, 11) is 0. The molecule has 0 bridgehead atoms. The van der Waals surface area contributed by atoms with E-state index in [0.717, 1.165) is 23.6 Å². The van der Waals surface area contributed by atoms with Crippen LogP contribution in [0.5, 0.6) is 0 Å². The molecule has 0 saturated carbocycles. The maximum absolute atomic E-state index is 12.3. The summed E-state index contributed by atoms with van der Waals surface area (Å²) < 4.78 is 3.70. The molecule has 3 aromatic rings. The summed E-state index contributed by atoms with van der Waals surface area (Å²) in [5.41, 5.74) is 3.67. The van der Waals surface area contributed by atoms with Crippen LogP contribution in [0.1, 0.15) is 18.3 Å². The molecule has 0 aliphatic carbocycles. The van der Waals surface area contributed by atoms with Gasteiger partial charge in [-0.1, -0.05) is 19.1 Å². The van der Waals surface area contributed by atoms with E-state index in [1.807, 2.05) is 55.1 Å². The second-order valence-corrected chi connectivity index (χ2v) is 6.52. The van der Waals surface area contributed by atoms with E-state index < -0.39 is 0 Å². The zero-order valence-corrected chi connectivity index (χ0v) is 15.3. The highest BCUT2D eigenvalue weighted by Crippen LogP contribution is 2.18. The van der Waals surface area contributed by atoms with Crippen LogP contribution in [0.2, 0.25) is 0 Å². The predicted molar refractivity (Wildman–Crippen MR) is 101 cm³/mol. The van der Waals surface area contributed by atoms with Crippen molar-refractivity contribution in [2.45, 2.75) is 27.3 Å². The Morgan fingerprint density at radius 1 is 1.23 bits per heavy atom. The largest absolute Gasteiger partial charge is 0.338 e. The van der Waals surface area contributed by atoms with Gasteiger partial charge in [0.2, 0.25) is 0 Å². The minimum atomic E-state index is -0.232. The molecular formula is C19H24N6O. The SMILES string of the molecule is Cc1cc(C)n(C[C@@H](C)CNC(=O)Nc2ccccc2-n2cccn2)n1. The number of para-hydroxylation sites is 2. The minimum Gasteiger partial charge on any atom is -0.338 e. The molecule has 2 N–H and O–H groups in total. The lowest BCUT2D eigenvalue weighted by atomic mass is 10.2. The molecule has 1 aromatic carbocycles. The third kappa shape index (κ3) is 4.30. The number of hydrogen-bond acceptors (Lipinski definition) is 3. The van der Waals surface area contributed by atoms with Crippen LogP contribution in [-0.4, -0.2) is 32.1 Å². The molecule has 1 atom stereocenters. The summed E-state index contributed by atoms with van der Waals surface area (Å²) in [6, 6.07) is 11.2. The average Bonchev–Trinajstić information content (AvgIpc) is 3.24. The molecule has 2 aromatic heterocycles. The van der Waals surface area contributed by atoms with Crippen LogP contribution >= 0.6 is 0 Å². The number of aromatic nitrogens is 4. The molecule has 2 heterocycles. The van der Waals surface area contributed by atoms with Gasteiger partial charge in [-0.25, -0.2) is 9.48 Å². The van der Waals surface area contributed by atoms with E-state index in [0.29, 0.717) is 12.2 Å². The van der Waals surface area contributed by atoms with E-state index in [4.69, 9.17) is 0 Å². The second kappa shape index (κ2) is 7.86. The molecule has 136 valence electrons. The van der Waals surface area contributed by atoms with E-state index >= 15 is 0 Å². The zero-order valence-electron chi connectivity index (χ0n) is 15.3. The van der Waals surface area contributed by atoms with Gasteiger partial charge in [-0.05, 0) is 44.0 Å². The first-order valence-electron chi connectivity index (χ1n) is 8.68. The number of amides is 2. The Morgan fingerprint density at radius 2 is 2.04 bits per heavy atom. The fourth-order valence-electron chi connectivity index (χ4n) is 2.84. The first-order valence-corrected chi connectivity index (χ1v) is 8.68. The van der Waals surface area contributed by atoms with Crippen molar-refractivity contribution in [3.8, 4) is 5.69 Å². The third-order valence-electron chi connectivity index (χ3n) is 4.10. The van der Waals surface area contributed by atoms with Crippen molar-refractivity contribution in [2.24, 2.45) is 5.92 Å². The van der Waals surface area contributed by atoms with Gasteiger partial charge in [0.1, 0.15) is 0 Å². The number of benzene rings is 1. The van der Waals surface area contributed by atoms with Crippen molar-refractivity contribution in [3.05, 3.63) is 60.2 Å². The van der Waals surface area contributed by atoms with Gasteiger partial charge in [0, 0.05) is 31.2 Å². The monoisotopic (exact) mass is 352 g/mol. The highest BCUT2D eigenvalue weighted by Gasteiger charge is 2.11. The number of anilines is 1. The van der Waals surface area contributed by atoms with E-state index in [1.165, 1.54) is 0 Å². The molecular weight excluding hydrogens is 328 g/mol. The number of nitrogens with one attached hydrogen (secondary N) is 2. The predicted octanol–water partition coefficient (Wildman–Crippen LogP) is 3.14.